The summed E-state index contributed by atoms with van der Waals surface area (Å²) in [5.74, 6) is 0. The van der Waals surface area contributed by atoms with Gasteiger partial charge in [0.15, 0.2) is 0 Å². The molecule has 0 heterocycles. The van der Waals surface area contributed by atoms with Crippen LogP contribution in [0.15, 0.2) is 40.9 Å². The molecule has 0 fully saturated rings. The second-order valence-electron chi connectivity index (χ2n) is 5.01. The molecular formula is C17H18BrCl2N. The minimum Gasteiger partial charge on any atom is -0.306 e. The van der Waals surface area contributed by atoms with Gasteiger partial charge >= 0.3 is 0 Å². The molecule has 4 heteroatoms. The van der Waals surface area contributed by atoms with E-state index in [1.165, 1.54) is 11.1 Å². The highest BCUT2D eigenvalue weighted by Crippen LogP contribution is 2.34. The second kappa shape index (κ2) is 7.64. The average Bonchev–Trinajstić information content (AvgIpc) is 2.47. The van der Waals surface area contributed by atoms with Crippen LogP contribution >= 0.6 is 39.1 Å². The van der Waals surface area contributed by atoms with Crippen LogP contribution in [-0.2, 0) is 0 Å². The lowest BCUT2D eigenvalue weighted by Gasteiger charge is -2.23. The van der Waals surface area contributed by atoms with Gasteiger partial charge in [-0.3, -0.25) is 0 Å². The number of hydrogen-bond acceptors (Lipinski definition) is 1. The van der Waals surface area contributed by atoms with Gasteiger partial charge < -0.3 is 5.32 Å². The van der Waals surface area contributed by atoms with Crippen molar-refractivity contribution in [3.8, 4) is 0 Å². The van der Waals surface area contributed by atoms with Gasteiger partial charge in [0.2, 0.25) is 0 Å². The van der Waals surface area contributed by atoms with E-state index in [1.807, 2.05) is 24.3 Å². The van der Waals surface area contributed by atoms with E-state index in [1.54, 1.807) is 0 Å². The fourth-order valence-corrected chi connectivity index (χ4v) is 3.14. The largest absolute Gasteiger partial charge is 0.306 e. The van der Waals surface area contributed by atoms with Gasteiger partial charge in [-0.25, -0.2) is 0 Å². The van der Waals surface area contributed by atoms with E-state index < -0.39 is 0 Å². The smallest absolute Gasteiger partial charge is 0.0595 e. The molecule has 1 nitrogen and oxygen atoms in total. The Kier molecular flexibility index (Phi) is 6.12. The van der Waals surface area contributed by atoms with Gasteiger partial charge in [0, 0.05) is 14.5 Å². The maximum atomic E-state index is 6.40. The monoisotopic (exact) mass is 385 g/mol. The summed E-state index contributed by atoms with van der Waals surface area (Å²) >= 11 is 16.2. The summed E-state index contributed by atoms with van der Waals surface area (Å²) in [5.41, 5.74) is 3.43. The Labute approximate surface area is 144 Å². The van der Waals surface area contributed by atoms with Gasteiger partial charge in [-0.15, -0.1) is 0 Å². The first-order valence-corrected chi connectivity index (χ1v) is 8.52. The zero-order valence-electron chi connectivity index (χ0n) is 12.1. The summed E-state index contributed by atoms with van der Waals surface area (Å²) in [4.78, 5) is 0. The second-order valence-corrected chi connectivity index (χ2v) is 6.71. The molecule has 0 saturated carbocycles. The maximum absolute atomic E-state index is 6.40. The van der Waals surface area contributed by atoms with E-state index >= 15 is 0 Å². The van der Waals surface area contributed by atoms with Crippen molar-refractivity contribution in [3.63, 3.8) is 0 Å². The number of nitrogens with one attached hydrogen (secondary N) is 1. The van der Waals surface area contributed by atoms with Crippen LogP contribution in [0.1, 0.15) is 36.1 Å². The van der Waals surface area contributed by atoms with Crippen molar-refractivity contribution < 1.29 is 0 Å². The predicted molar refractivity (Wildman–Crippen MR) is 95.5 cm³/mol. The lowest BCUT2D eigenvalue weighted by Crippen LogP contribution is -2.24. The summed E-state index contributed by atoms with van der Waals surface area (Å²) in [5, 5.41) is 5.00. The molecule has 0 aliphatic carbocycles. The van der Waals surface area contributed by atoms with Gasteiger partial charge in [-0.05, 0) is 60.8 Å². The SMILES string of the molecule is CCCNC(c1cc(Cl)ccc1Cl)c1cccc(Br)c1C. The highest BCUT2D eigenvalue weighted by molar-refractivity contribution is 9.10. The van der Waals surface area contributed by atoms with E-state index in [0.29, 0.717) is 5.02 Å². The van der Waals surface area contributed by atoms with E-state index in [0.717, 1.165) is 28.0 Å². The summed E-state index contributed by atoms with van der Waals surface area (Å²) in [7, 11) is 0. The molecule has 0 spiro atoms. The number of hydrogen-bond donors (Lipinski definition) is 1. The Morgan fingerprint density at radius 1 is 1.14 bits per heavy atom. The molecule has 1 atom stereocenters. The summed E-state index contributed by atoms with van der Waals surface area (Å²) in [6.45, 7) is 5.18. The van der Waals surface area contributed by atoms with Gasteiger partial charge in [0.05, 0.1) is 6.04 Å². The third-order valence-electron chi connectivity index (χ3n) is 3.49. The summed E-state index contributed by atoms with van der Waals surface area (Å²) < 4.78 is 1.10. The minimum absolute atomic E-state index is 0.0358. The molecule has 0 aromatic heterocycles. The molecule has 0 bridgehead atoms. The normalized spacial score (nSPS) is 12.4. The average molecular weight is 387 g/mol. The van der Waals surface area contributed by atoms with Crippen molar-refractivity contribution in [2.45, 2.75) is 26.3 Å². The van der Waals surface area contributed by atoms with E-state index in [-0.39, 0.29) is 6.04 Å². The Bertz CT molecular complexity index is 626. The van der Waals surface area contributed by atoms with E-state index in [2.05, 4.69) is 47.2 Å². The van der Waals surface area contributed by atoms with Gasteiger partial charge in [0.1, 0.15) is 0 Å². The molecule has 21 heavy (non-hydrogen) atoms. The number of rotatable bonds is 5. The molecule has 2 rings (SSSR count). The van der Waals surface area contributed by atoms with E-state index in [4.69, 9.17) is 23.2 Å². The Hall–Kier alpha value is -0.540. The number of benzene rings is 2. The first-order valence-electron chi connectivity index (χ1n) is 6.98. The molecule has 0 aliphatic heterocycles. The van der Waals surface area contributed by atoms with Crippen LogP contribution in [0.3, 0.4) is 0 Å². The molecular weight excluding hydrogens is 369 g/mol. The van der Waals surface area contributed by atoms with Gasteiger partial charge in [0.25, 0.3) is 0 Å². The van der Waals surface area contributed by atoms with Crippen LogP contribution in [0.25, 0.3) is 0 Å². The van der Waals surface area contributed by atoms with Crippen molar-refractivity contribution in [2.24, 2.45) is 0 Å². The Morgan fingerprint density at radius 3 is 2.62 bits per heavy atom. The highest BCUT2D eigenvalue weighted by atomic mass is 79.9. The molecule has 0 aliphatic rings. The fraction of sp³-hybridized carbons (Fsp3) is 0.294. The predicted octanol–water partition coefficient (Wildman–Crippen LogP) is 6.15. The lowest BCUT2D eigenvalue weighted by molar-refractivity contribution is 0.596. The molecule has 112 valence electrons. The van der Waals surface area contributed by atoms with E-state index in [9.17, 15) is 0 Å². The Morgan fingerprint density at radius 2 is 1.90 bits per heavy atom. The van der Waals surface area contributed by atoms with Crippen molar-refractivity contribution in [1.82, 2.24) is 5.32 Å². The maximum Gasteiger partial charge on any atom is 0.0595 e. The van der Waals surface area contributed by atoms with Crippen molar-refractivity contribution >= 4 is 39.1 Å². The molecule has 0 amide bonds. The van der Waals surface area contributed by atoms with Gasteiger partial charge in [-0.2, -0.15) is 0 Å². The van der Waals surface area contributed by atoms with Crippen molar-refractivity contribution in [2.75, 3.05) is 6.54 Å². The first-order chi connectivity index (χ1) is 10.0. The van der Waals surface area contributed by atoms with Crippen LogP contribution in [-0.4, -0.2) is 6.54 Å². The van der Waals surface area contributed by atoms with Crippen LogP contribution in [0.4, 0.5) is 0 Å². The first kappa shape index (κ1) is 16.8. The van der Waals surface area contributed by atoms with Crippen LogP contribution in [0.2, 0.25) is 10.0 Å². The fourth-order valence-electron chi connectivity index (χ4n) is 2.35. The highest BCUT2D eigenvalue weighted by Gasteiger charge is 2.19. The molecule has 2 aromatic rings. The quantitative estimate of drug-likeness (QED) is 0.649. The third kappa shape index (κ3) is 4.01. The third-order valence-corrected chi connectivity index (χ3v) is 4.93. The molecule has 2 aromatic carbocycles. The van der Waals surface area contributed by atoms with Crippen molar-refractivity contribution in [1.29, 1.82) is 0 Å². The van der Waals surface area contributed by atoms with Crippen molar-refractivity contribution in [3.05, 3.63) is 67.6 Å². The Balaban J connectivity index is 2.52. The number of halogens is 3. The zero-order valence-corrected chi connectivity index (χ0v) is 15.2. The summed E-state index contributed by atoms with van der Waals surface area (Å²) in [6.07, 6.45) is 1.06. The standard InChI is InChI=1S/C17H18BrCl2N/c1-3-9-21-17(13-5-4-6-15(18)11(13)2)14-10-12(19)7-8-16(14)20/h4-8,10,17,21H,3,9H2,1-2H3. The minimum atomic E-state index is 0.0358. The zero-order chi connectivity index (χ0) is 15.4. The molecule has 0 saturated heterocycles. The summed E-state index contributed by atoms with van der Waals surface area (Å²) in [6, 6.07) is 11.9. The van der Waals surface area contributed by atoms with Crippen LogP contribution in [0.5, 0.6) is 0 Å². The molecule has 1 unspecified atom stereocenters. The van der Waals surface area contributed by atoms with Gasteiger partial charge in [-0.1, -0.05) is 58.2 Å². The molecule has 0 radical (unpaired) electrons. The topological polar surface area (TPSA) is 12.0 Å². The molecule has 1 N–H and O–H groups in total. The lowest BCUT2D eigenvalue weighted by atomic mass is 9.95. The van der Waals surface area contributed by atoms with Crippen LogP contribution in [0, 0.1) is 6.92 Å². The van der Waals surface area contributed by atoms with Crippen LogP contribution < -0.4 is 5.32 Å².